The molecule has 0 spiro atoms. The third-order valence-corrected chi connectivity index (χ3v) is 9.58. The van der Waals surface area contributed by atoms with Crippen LogP contribution in [0.25, 0.3) is 0 Å². The molecule has 1 amide bonds. The number of hydrogen-bond acceptors (Lipinski definition) is 6. The van der Waals surface area contributed by atoms with Gasteiger partial charge in [0.25, 0.3) is 5.91 Å². The number of aliphatic hydroxyl groups excluding tert-OH is 1. The Morgan fingerprint density at radius 2 is 1.89 bits per heavy atom. The average molecular weight is 491 g/mol. The number of nitrogens with one attached hydrogen (secondary N) is 1. The Kier molecular flexibility index (Phi) is 7.27. The zero-order valence-corrected chi connectivity index (χ0v) is 20.7. The molecule has 0 heterocycles. The average Bonchev–Trinajstić information content (AvgIpc) is 3.11. The number of allylic oxidation sites excluding steroid dienone is 2. The summed E-state index contributed by atoms with van der Waals surface area (Å²) < 4.78 is 0. The van der Waals surface area contributed by atoms with Crippen molar-refractivity contribution in [3.63, 3.8) is 0 Å². The molecule has 7 unspecified atom stereocenters. The molecule has 0 radical (unpaired) electrons. The Morgan fingerprint density at radius 1 is 1.11 bits per heavy atom. The number of amides is 1. The summed E-state index contributed by atoms with van der Waals surface area (Å²) in [6, 6.07) is -1.28. The van der Waals surface area contributed by atoms with Gasteiger partial charge in [0.15, 0.2) is 6.61 Å². The summed E-state index contributed by atoms with van der Waals surface area (Å²) in [5.74, 6) is -1.16. The van der Waals surface area contributed by atoms with E-state index in [-0.39, 0.29) is 29.8 Å². The Hall–Kier alpha value is -2.42. The van der Waals surface area contributed by atoms with E-state index in [2.05, 4.69) is 30.4 Å². The van der Waals surface area contributed by atoms with Gasteiger partial charge in [-0.15, -0.1) is 0 Å². The molecule has 0 aliphatic heterocycles. The predicted molar refractivity (Wildman–Crippen MR) is 128 cm³/mol. The first-order valence-electron chi connectivity index (χ1n) is 12.9. The molecule has 0 aromatic rings. The van der Waals surface area contributed by atoms with E-state index in [4.69, 9.17) is 15.1 Å². The Labute approximate surface area is 206 Å². The van der Waals surface area contributed by atoms with Gasteiger partial charge < -0.3 is 25.5 Å². The predicted octanol–water partition coefficient (Wildman–Crippen LogP) is 3.12. The molecule has 4 N–H and O–H groups in total. The van der Waals surface area contributed by atoms with Crippen molar-refractivity contribution in [2.45, 2.75) is 90.2 Å². The number of carboxylic acids is 2. The molecule has 4 rings (SSSR count). The largest absolute Gasteiger partial charge is 0.481 e. The highest BCUT2D eigenvalue weighted by Crippen LogP contribution is 2.65. The first kappa shape index (κ1) is 25.7. The lowest BCUT2D eigenvalue weighted by atomic mass is 9.47. The maximum atomic E-state index is 12.1. The highest BCUT2D eigenvalue weighted by atomic mass is 16.6. The second-order valence-corrected chi connectivity index (χ2v) is 11.4. The number of aliphatic hydroxyl groups is 1. The summed E-state index contributed by atoms with van der Waals surface area (Å²) >= 11 is 0. The molecular formula is C26H38N2O7. The van der Waals surface area contributed by atoms with Crippen LogP contribution in [0.15, 0.2) is 16.8 Å². The molecule has 3 fully saturated rings. The van der Waals surface area contributed by atoms with E-state index in [0.29, 0.717) is 17.8 Å². The smallest absolute Gasteiger partial charge is 0.326 e. The summed E-state index contributed by atoms with van der Waals surface area (Å²) in [4.78, 5) is 39.2. The van der Waals surface area contributed by atoms with Crippen molar-refractivity contribution in [1.82, 2.24) is 5.32 Å². The highest BCUT2D eigenvalue weighted by molar-refractivity contribution is 5.96. The van der Waals surface area contributed by atoms with Gasteiger partial charge in [-0.05, 0) is 92.4 Å². The minimum Gasteiger partial charge on any atom is -0.481 e. The molecule has 4 aliphatic rings. The van der Waals surface area contributed by atoms with Gasteiger partial charge in [-0.1, -0.05) is 24.6 Å². The fourth-order valence-corrected chi connectivity index (χ4v) is 7.55. The zero-order chi connectivity index (χ0) is 25.4. The third-order valence-electron chi connectivity index (χ3n) is 9.58. The van der Waals surface area contributed by atoms with Gasteiger partial charge in [-0.2, -0.15) is 0 Å². The SMILES string of the molecule is CC12CCC(=NOCC(=O)NC(CCC(=O)O)C(=O)O)C=C1CCC1C2CCC2(C)C(O)CCC12. The summed E-state index contributed by atoms with van der Waals surface area (Å²) in [5.41, 5.74) is 2.40. The van der Waals surface area contributed by atoms with Crippen LogP contribution in [0.4, 0.5) is 0 Å². The number of carbonyl (C=O) groups is 3. The maximum Gasteiger partial charge on any atom is 0.326 e. The van der Waals surface area contributed by atoms with E-state index >= 15 is 0 Å². The van der Waals surface area contributed by atoms with Crippen molar-refractivity contribution in [1.29, 1.82) is 0 Å². The number of carbonyl (C=O) groups excluding carboxylic acids is 1. The van der Waals surface area contributed by atoms with Gasteiger partial charge in [0, 0.05) is 6.42 Å². The summed E-state index contributed by atoms with van der Waals surface area (Å²) in [6.45, 7) is 4.26. The van der Waals surface area contributed by atoms with Crippen LogP contribution in [0.3, 0.4) is 0 Å². The molecule has 0 aromatic carbocycles. The minimum absolute atomic E-state index is 0.0711. The standard InChI is InChI=1S/C26H38N2O7/c1-25-11-9-16(28-35-14-22(30)27-20(24(33)34)6-8-23(31)32)13-15(25)3-4-17-18-5-7-21(29)26(18,2)12-10-19(17)25/h13,17-21,29H,3-12,14H2,1-2H3,(H,27,30)(H,31,32)(H,33,34). The lowest BCUT2D eigenvalue weighted by Crippen LogP contribution is -2.51. The van der Waals surface area contributed by atoms with Crippen molar-refractivity contribution in [3.8, 4) is 0 Å². The first-order valence-corrected chi connectivity index (χ1v) is 12.9. The highest BCUT2D eigenvalue weighted by Gasteiger charge is 2.58. The second kappa shape index (κ2) is 9.91. The van der Waals surface area contributed by atoms with Gasteiger partial charge in [0.2, 0.25) is 0 Å². The molecule has 0 aromatic heterocycles. The molecular weight excluding hydrogens is 452 g/mol. The Balaban J connectivity index is 1.35. The van der Waals surface area contributed by atoms with Crippen molar-refractivity contribution in [2.24, 2.45) is 33.7 Å². The van der Waals surface area contributed by atoms with Crippen molar-refractivity contribution >= 4 is 23.6 Å². The fourth-order valence-electron chi connectivity index (χ4n) is 7.55. The van der Waals surface area contributed by atoms with E-state index in [1.165, 1.54) is 5.57 Å². The van der Waals surface area contributed by atoms with Gasteiger partial charge >= 0.3 is 11.9 Å². The van der Waals surface area contributed by atoms with Crippen LogP contribution in [-0.2, 0) is 19.2 Å². The molecule has 0 bridgehead atoms. The van der Waals surface area contributed by atoms with Crippen LogP contribution in [-0.4, -0.2) is 57.6 Å². The van der Waals surface area contributed by atoms with Crippen LogP contribution in [0, 0.1) is 28.6 Å². The Bertz CT molecular complexity index is 931. The topological polar surface area (TPSA) is 146 Å². The van der Waals surface area contributed by atoms with Crippen LogP contribution in [0.2, 0.25) is 0 Å². The second-order valence-electron chi connectivity index (χ2n) is 11.4. The van der Waals surface area contributed by atoms with E-state index < -0.39 is 30.5 Å². The van der Waals surface area contributed by atoms with Gasteiger partial charge in [-0.3, -0.25) is 9.59 Å². The van der Waals surface area contributed by atoms with E-state index in [1.54, 1.807) is 0 Å². The normalized spacial score (nSPS) is 37.9. The van der Waals surface area contributed by atoms with Gasteiger partial charge in [0.05, 0.1) is 11.8 Å². The fraction of sp³-hybridized carbons (Fsp3) is 0.769. The molecule has 9 heteroatoms. The van der Waals surface area contributed by atoms with E-state index in [1.807, 2.05) is 0 Å². The minimum atomic E-state index is -1.28. The monoisotopic (exact) mass is 490 g/mol. The van der Waals surface area contributed by atoms with Crippen LogP contribution >= 0.6 is 0 Å². The van der Waals surface area contributed by atoms with Gasteiger partial charge in [0.1, 0.15) is 6.04 Å². The van der Waals surface area contributed by atoms with Crippen LogP contribution in [0.1, 0.15) is 78.1 Å². The molecule has 0 saturated heterocycles. The number of rotatable bonds is 8. The summed E-state index contributed by atoms with van der Waals surface area (Å²) in [5, 5.41) is 35.0. The lowest BCUT2D eigenvalue weighted by Gasteiger charge is -2.57. The number of oxime groups is 1. The lowest BCUT2D eigenvalue weighted by molar-refractivity contribution is -0.143. The van der Waals surface area contributed by atoms with Gasteiger partial charge in [-0.25, -0.2) is 4.79 Å². The number of hydrogen-bond donors (Lipinski definition) is 4. The number of aliphatic carboxylic acids is 2. The quantitative estimate of drug-likeness (QED) is 0.382. The summed E-state index contributed by atoms with van der Waals surface area (Å²) in [7, 11) is 0. The maximum absolute atomic E-state index is 12.1. The molecule has 35 heavy (non-hydrogen) atoms. The summed E-state index contributed by atoms with van der Waals surface area (Å²) in [6.07, 6.45) is 9.61. The van der Waals surface area contributed by atoms with E-state index in [9.17, 15) is 19.5 Å². The van der Waals surface area contributed by atoms with Crippen LogP contribution in [0.5, 0.6) is 0 Å². The first-order chi connectivity index (χ1) is 16.5. The molecule has 9 nitrogen and oxygen atoms in total. The number of nitrogens with zero attached hydrogens (tertiary/aromatic N) is 1. The third kappa shape index (κ3) is 4.97. The zero-order valence-electron chi connectivity index (χ0n) is 20.7. The molecule has 7 atom stereocenters. The van der Waals surface area contributed by atoms with E-state index in [0.717, 1.165) is 57.1 Å². The molecule has 194 valence electrons. The van der Waals surface area contributed by atoms with Crippen LogP contribution < -0.4 is 5.32 Å². The van der Waals surface area contributed by atoms with Crippen molar-refractivity contribution < 1.29 is 34.5 Å². The molecule has 3 saturated carbocycles. The number of fused-ring (bicyclic) bond motifs is 5. The molecule has 4 aliphatic carbocycles. The Morgan fingerprint density at radius 3 is 2.60 bits per heavy atom. The van der Waals surface area contributed by atoms with Crippen molar-refractivity contribution in [3.05, 3.63) is 11.6 Å². The van der Waals surface area contributed by atoms with Crippen molar-refractivity contribution in [2.75, 3.05) is 6.61 Å². The number of carboxylic acid groups (broad SMARTS) is 2.